The SMILES string of the molecule is C=C(C)C(=O)C[N+](C)(C)CC=O.[Cl-]. The molecule has 0 amide bonds. The molecule has 0 saturated carbocycles. The molecule has 0 spiro atoms. The number of quaternary nitrogens is 1. The van der Waals surface area contributed by atoms with E-state index in [2.05, 4.69) is 6.58 Å². The molecule has 0 atom stereocenters. The first-order valence-electron chi connectivity index (χ1n) is 3.83. The van der Waals surface area contributed by atoms with Crippen LogP contribution in [0.2, 0.25) is 0 Å². The van der Waals surface area contributed by atoms with E-state index in [0.29, 0.717) is 23.1 Å². The molecule has 0 aromatic carbocycles. The zero-order valence-electron chi connectivity index (χ0n) is 8.34. The maximum absolute atomic E-state index is 11.2. The number of rotatable bonds is 5. The fraction of sp³-hybridized carbons (Fsp3) is 0.556. The van der Waals surface area contributed by atoms with Crippen molar-refractivity contribution in [3.05, 3.63) is 12.2 Å². The van der Waals surface area contributed by atoms with Crippen LogP contribution in [0.4, 0.5) is 0 Å². The summed E-state index contributed by atoms with van der Waals surface area (Å²) in [4.78, 5) is 21.4. The number of nitrogens with zero attached hydrogens (tertiary/aromatic N) is 1. The van der Waals surface area contributed by atoms with E-state index in [4.69, 9.17) is 0 Å². The number of likely N-dealkylation sites (N-methyl/N-ethyl adjacent to an activating group) is 1. The molecule has 0 aliphatic heterocycles. The molecule has 4 heteroatoms. The van der Waals surface area contributed by atoms with Gasteiger partial charge in [-0.05, 0) is 12.5 Å². The van der Waals surface area contributed by atoms with E-state index in [9.17, 15) is 9.59 Å². The predicted molar refractivity (Wildman–Crippen MR) is 47.7 cm³/mol. The minimum atomic E-state index is 0. The molecule has 0 rings (SSSR count). The first-order chi connectivity index (χ1) is 5.39. The van der Waals surface area contributed by atoms with Crippen molar-refractivity contribution in [2.75, 3.05) is 27.2 Å². The number of aldehydes is 1. The van der Waals surface area contributed by atoms with E-state index in [1.807, 2.05) is 14.1 Å². The molecular formula is C9H16ClNO2. The van der Waals surface area contributed by atoms with Crippen LogP contribution in [0.5, 0.6) is 0 Å². The second-order valence-electron chi connectivity index (χ2n) is 3.65. The van der Waals surface area contributed by atoms with E-state index >= 15 is 0 Å². The van der Waals surface area contributed by atoms with Crippen molar-refractivity contribution in [3.8, 4) is 0 Å². The zero-order valence-corrected chi connectivity index (χ0v) is 9.10. The molecule has 76 valence electrons. The van der Waals surface area contributed by atoms with Crippen LogP contribution >= 0.6 is 0 Å². The van der Waals surface area contributed by atoms with Crippen LogP contribution in [-0.4, -0.2) is 43.7 Å². The van der Waals surface area contributed by atoms with Crippen molar-refractivity contribution in [3.63, 3.8) is 0 Å². The molecule has 0 aliphatic rings. The van der Waals surface area contributed by atoms with Crippen LogP contribution in [0.15, 0.2) is 12.2 Å². The number of carbonyl (C=O) groups is 2. The Morgan fingerprint density at radius 1 is 1.46 bits per heavy atom. The van der Waals surface area contributed by atoms with E-state index in [1.54, 1.807) is 6.92 Å². The summed E-state index contributed by atoms with van der Waals surface area (Å²) in [5, 5.41) is 0. The summed E-state index contributed by atoms with van der Waals surface area (Å²) in [6, 6.07) is 0. The topological polar surface area (TPSA) is 34.1 Å². The predicted octanol–water partition coefficient (Wildman–Crippen LogP) is -2.59. The fourth-order valence-electron chi connectivity index (χ4n) is 0.790. The smallest absolute Gasteiger partial charge is 0.212 e. The Kier molecular flexibility index (Phi) is 6.72. The van der Waals surface area contributed by atoms with E-state index in [0.717, 1.165) is 6.29 Å². The highest BCUT2D eigenvalue weighted by Gasteiger charge is 2.19. The lowest BCUT2D eigenvalue weighted by atomic mass is 10.2. The maximum atomic E-state index is 11.2. The van der Waals surface area contributed by atoms with Gasteiger partial charge in [-0.25, -0.2) is 0 Å². The first-order valence-corrected chi connectivity index (χ1v) is 3.83. The number of ketones is 1. The number of halogens is 1. The maximum Gasteiger partial charge on any atom is 0.212 e. The molecule has 0 heterocycles. The molecule has 0 aromatic rings. The van der Waals surface area contributed by atoms with Gasteiger partial charge in [-0.2, -0.15) is 0 Å². The number of Topliss-reactive ketones (excluding diaryl/α,β-unsaturated/α-hetero) is 1. The summed E-state index contributed by atoms with van der Waals surface area (Å²) < 4.78 is 0.398. The minimum absolute atomic E-state index is 0. The molecule has 0 aromatic heterocycles. The highest BCUT2D eigenvalue weighted by Crippen LogP contribution is 1.99. The van der Waals surface area contributed by atoms with Gasteiger partial charge < -0.3 is 16.9 Å². The van der Waals surface area contributed by atoms with Crippen molar-refractivity contribution >= 4 is 12.1 Å². The van der Waals surface area contributed by atoms with Crippen LogP contribution in [0.25, 0.3) is 0 Å². The molecule has 0 radical (unpaired) electrons. The third-order valence-corrected chi connectivity index (χ3v) is 1.62. The summed E-state index contributed by atoms with van der Waals surface area (Å²) >= 11 is 0. The van der Waals surface area contributed by atoms with Gasteiger partial charge >= 0.3 is 0 Å². The Balaban J connectivity index is 0. The van der Waals surface area contributed by atoms with Gasteiger partial charge in [0.25, 0.3) is 0 Å². The van der Waals surface area contributed by atoms with Gasteiger partial charge in [-0.15, -0.1) is 0 Å². The lowest BCUT2D eigenvalue weighted by Gasteiger charge is -2.26. The normalized spacial score (nSPS) is 10.1. The van der Waals surface area contributed by atoms with E-state index in [1.165, 1.54) is 0 Å². The van der Waals surface area contributed by atoms with Crippen molar-refractivity contribution in [1.82, 2.24) is 0 Å². The lowest BCUT2D eigenvalue weighted by Crippen LogP contribution is -3.00. The van der Waals surface area contributed by atoms with Crippen LogP contribution < -0.4 is 12.4 Å². The molecule has 3 nitrogen and oxygen atoms in total. The molecule has 13 heavy (non-hydrogen) atoms. The Morgan fingerprint density at radius 2 is 1.92 bits per heavy atom. The highest BCUT2D eigenvalue weighted by atomic mass is 35.5. The van der Waals surface area contributed by atoms with Gasteiger partial charge in [-0.1, -0.05) is 6.58 Å². The second-order valence-corrected chi connectivity index (χ2v) is 3.65. The van der Waals surface area contributed by atoms with Crippen molar-refractivity contribution in [1.29, 1.82) is 0 Å². The zero-order chi connectivity index (χ0) is 9.78. The van der Waals surface area contributed by atoms with Gasteiger partial charge in [-0.3, -0.25) is 9.59 Å². The molecule has 0 aliphatic carbocycles. The molecule has 0 fully saturated rings. The average molecular weight is 206 g/mol. The van der Waals surface area contributed by atoms with Gasteiger partial charge in [0.05, 0.1) is 14.1 Å². The lowest BCUT2D eigenvalue weighted by molar-refractivity contribution is -0.873. The van der Waals surface area contributed by atoms with Crippen LogP contribution in [0, 0.1) is 0 Å². The summed E-state index contributed by atoms with van der Waals surface area (Å²) in [5.41, 5.74) is 0.548. The minimum Gasteiger partial charge on any atom is -1.00 e. The average Bonchev–Trinajstić information content (AvgIpc) is 1.85. The highest BCUT2D eigenvalue weighted by molar-refractivity contribution is 5.95. The van der Waals surface area contributed by atoms with E-state index in [-0.39, 0.29) is 18.2 Å². The standard InChI is InChI=1S/C9H16NO2.ClH/c1-8(2)9(12)7-10(3,4)5-6-11;/h6H,1,5,7H2,2-4H3;1H/q+1;/p-1. The summed E-state index contributed by atoms with van der Waals surface area (Å²) in [7, 11) is 3.68. The van der Waals surface area contributed by atoms with Crippen molar-refractivity contribution < 1.29 is 26.5 Å². The molecule has 0 unspecified atom stereocenters. The Morgan fingerprint density at radius 3 is 2.23 bits per heavy atom. The fourth-order valence-corrected chi connectivity index (χ4v) is 0.790. The van der Waals surface area contributed by atoms with E-state index < -0.39 is 0 Å². The number of hydrogen-bond donors (Lipinski definition) is 0. The Hall–Kier alpha value is -0.670. The largest absolute Gasteiger partial charge is 1.00 e. The van der Waals surface area contributed by atoms with Crippen LogP contribution in [-0.2, 0) is 9.59 Å². The number of hydrogen-bond acceptors (Lipinski definition) is 2. The third kappa shape index (κ3) is 6.49. The quantitative estimate of drug-likeness (QED) is 0.281. The Labute approximate surface area is 85.4 Å². The first kappa shape index (κ1) is 14.8. The van der Waals surface area contributed by atoms with Gasteiger partial charge in [0.2, 0.25) is 5.78 Å². The van der Waals surface area contributed by atoms with Crippen LogP contribution in [0.3, 0.4) is 0 Å². The summed E-state index contributed by atoms with van der Waals surface area (Å²) in [6.07, 6.45) is 0.825. The third-order valence-electron chi connectivity index (χ3n) is 1.62. The van der Waals surface area contributed by atoms with Crippen molar-refractivity contribution in [2.24, 2.45) is 0 Å². The van der Waals surface area contributed by atoms with Gasteiger partial charge in [0.1, 0.15) is 13.1 Å². The summed E-state index contributed by atoms with van der Waals surface area (Å²) in [6.45, 7) is 5.94. The summed E-state index contributed by atoms with van der Waals surface area (Å²) in [5.74, 6) is 0.0156. The molecule has 0 N–H and O–H groups in total. The van der Waals surface area contributed by atoms with Gasteiger partial charge in [0.15, 0.2) is 6.29 Å². The number of carbonyl (C=O) groups excluding carboxylic acids is 2. The van der Waals surface area contributed by atoms with Gasteiger partial charge in [0, 0.05) is 0 Å². The second kappa shape index (κ2) is 5.89. The molecule has 0 saturated heterocycles. The van der Waals surface area contributed by atoms with Crippen LogP contribution in [0.1, 0.15) is 6.92 Å². The molecule has 0 bridgehead atoms. The molecular weight excluding hydrogens is 190 g/mol. The van der Waals surface area contributed by atoms with Crippen molar-refractivity contribution in [2.45, 2.75) is 6.92 Å². The Bertz CT molecular complexity index is 212. The monoisotopic (exact) mass is 205 g/mol.